The highest BCUT2D eigenvalue weighted by Gasteiger charge is 2.22. The fourth-order valence-electron chi connectivity index (χ4n) is 3.20. The summed E-state index contributed by atoms with van der Waals surface area (Å²) in [5.74, 6) is 1.65. The molecule has 1 aliphatic rings. The summed E-state index contributed by atoms with van der Waals surface area (Å²) < 4.78 is 1.24. The van der Waals surface area contributed by atoms with Crippen LogP contribution in [0.15, 0.2) is 22.7 Å². The molecule has 0 bridgehead atoms. The van der Waals surface area contributed by atoms with Crippen molar-refractivity contribution in [1.82, 2.24) is 10.2 Å². The van der Waals surface area contributed by atoms with Gasteiger partial charge in [0, 0.05) is 30.7 Å². The van der Waals surface area contributed by atoms with Crippen LogP contribution in [0.4, 0.5) is 0 Å². The van der Waals surface area contributed by atoms with Crippen molar-refractivity contribution in [3.8, 4) is 0 Å². The molecule has 1 fully saturated rings. The van der Waals surface area contributed by atoms with Gasteiger partial charge in [0.1, 0.15) is 0 Å². The number of benzene rings is 1. The number of likely N-dealkylation sites (tertiary alicyclic amines) is 1. The van der Waals surface area contributed by atoms with Crippen molar-refractivity contribution >= 4 is 15.9 Å². The molecule has 0 saturated carbocycles. The van der Waals surface area contributed by atoms with Crippen LogP contribution in [0, 0.1) is 11.8 Å². The maximum absolute atomic E-state index is 3.72. The lowest BCUT2D eigenvalue weighted by Crippen LogP contribution is -2.38. The molecule has 2 nitrogen and oxygen atoms in total. The summed E-state index contributed by atoms with van der Waals surface area (Å²) in [6.45, 7) is 9.19. The largest absolute Gasteiger partial charge is 0.316 e. The Bertz CT molecular complexity index is 409. The Kier molecular flexibility index (Phi) is 5.43. The van der Waals surface area contributed by atoms with Crippen molar-refractivity contribution in [2.75, 3.05) is 20.1 Å². The monoisotopic (exact) mass is 324 g/mol. The number of nitrogens with one attached hydrogen (secondary N) is 1. The molecule has 2 rings (SSSR count). The first kappa shape index (κ1) is 15.0. The molecule has 1 heterocycles. The third-order valence-electron chi connectivity index (χ3n) is 3.84. The molecule has 1 saturated heterocycles. The van der Waals surface area contributed by atoms with E-state index in [2.05, 4.69) is 58.2 Å². The van der Waals surface area contributed by atoms with Crippen molar-refractivity contribution in [1.29, 1.82) is 0 Å². The van der Waals surface area contributed by atoms with E-state index >= 15 is 0 Å². The average Bonchev–Trinajstić information content (AvgIpc) is 2.32. The predicted molar refractivity (Wildman–Crippen MR) is 85.1 cm³/mol. The van der Waals surface area contributed by atoms with Crippen LogP contribution >= 0.6 is 15.9 Å². The molecular formula is C16H25BrN2. The summed E-state index contributed by atoms with van der Waals surface area (Å²) in [7, 11) is 1.98. The Hall–Kier alpha value is -0.380. The molecule has 1 aromatic carbocycles. The van der Waals surface area contributed by atoms with Gasteiger partial charge in [-0.2, -0.15) is 0 Å². The van der Waals surface area contributed by atoms with Gasteiger partial charge in [0.05, 0.1) is 0 Å². The quantitative estimate of drug-likeness (QED) is 0.909. The van der Waals surface area contributed by atoms with E-state index in [1.165, 1.54) is 35.1 Å². The number of rotatable bonds is 4. The molecule has 0 radical (unpaired) electrons. The lowest BCUT2D eigenvalue weighted by molar-refractivity contribution is 0.134. The third kappa shape index (κ3) is 4.30. The Morgan fingerprint density at radius 3 is 2.53 bits per heavy atom. The van der Waals surface area contributed by atoms with E-state index in [4.69, 9.17) is 0 Å². The molecular weight excluding hydrogens is 300 g/mol. The second-order valence-corrected chi connectivity index (χ2v) is 6.95. The van der Waals surface area contributed by atoms with Crippen LogP contribution in [0.3, 0.4) is 0 Å². The van der Waals surface area contributed by atoms with Crippen LogP contribution in [0.2, 0.25) is 0 Å². The first-order valence-electron chi connectivity index (χ1n) is 7.22. The number of piperidine rings is 1. The maximum Gasteiger partial charge on any atom is 0.0245 e. The van der Waals surface area contributed by atoms with E-state index < -0.39 is 0 Å². The van der Waals surface area contributed by atoms with Gasteiger partial charge in [-0.25, -0.2) is 0 Å². The molecule has 2 unspecified atom stereocenters. The summed E-state index contributed by atoms with van der Waals surface area (Å²) in [5.41, 5.74) is 2.74. The Balaban J connectivity index is 2.02. The molecule has 1 aromatic rings. The zero-order valence-electron chi connectivity index (χ0n) is 12.2. The highest BCUT2D eigenvalue weighted by atomic mass is 79.9. The van der Waals surface area contributed by atoms with Crippen LogP contribution in [-0.4, -0.2) is 25.0 Å². The van der Waals surface area contributed by atoms with Crippen molar-refractivity contribution in [3.63, 3.8) is 0 Å². The van der Waals surface area contributed by atoms with Gasteiger partial charge >= 0.3 is 0 Å². The van der Waals surface area contributed by atoms with Gasteiger partial charge in [-0.3, -0.25) is 4.90 Å². The van der Waals surface area contributed by atoms with Gasteiger partial charge in [-0.05, 0) is 42.5 Å². The molecule has 1 N–H and O–H groups in total. The molecule has 0 spiro atoms. The molecule has 19 heavy (non-hydrogen) atoms. The fraction of sp³-hybridized carbons (Fsp3) is 0.625. The minimum atomic E-state index is 0.825. The molecule has 0 aromatic heterocycles. The number of halogens is 1. The van der Waals surface area contributed by atoms with E-state index in [9.17, 15) is 0 Å². The van der Waals surface area contributed by atoms with Crippen molar-refractivity contribution in [2.24, 2.45) is 11.8 Å². The summed E-state index contributed by atoms with van der Waals surface area (Å²) in [5, 5.41) is 3.19. The SMILES string of the molecule is CNCc1ccc(CN2CC(C)CC(C)C2)c(Br)c1. The van der Waals surface area contributed by atoms with Crippen LogP contribution in [-0.2, 0) is 13.1 Å². The topological polar surface area (TPSA) is 15.3 Å². The van der Waals surface area contributed by atoms with E-state index in [-0.39, 0.29) is 0 Å². The van der Waals surface area contributed by atoms with Gasteiger partial charge in [-0.1, -0.05) is 41.9 Å². The maximum atomic E-state index is 3.72. The van der Waals surface area contributed by atoms with Gasteiger partial charge in [0.2, 0.25) is 0 Å². The normalized spacial score (nSPS) is 24.6. The molecule has 106 valence electrons. The van der Waals surface area contributed by atoms with E-state index in [0.29, 0.717) is 0 Å². The highest BCUT2D eigenvalue weighted by Crippen LogP contribution is 2.25. The van der Waals surface area contributed by atoms with Gasteiger partial charge in [0.25, 0.3) is 0 Å². The van der Waals surface area contributed by atoms with Crippen molar-refractivity contribution in [3.05, 3.63) is 33.8 Å². The summed E-state index contributed by atoms with van der Waals surface area (Å²) >= 11 is 3.72. The van der Waals surface area contributed by atoms with Crippen LogP contribution in [0.25, 0.3) is 0 Å². The highest BCUT2D eigenvalue weighted by molar-refractivity contribution is 9.10. The molecule has 0 amide bonds. The minimum Gasteiger partial charge on any atom is -0.316 e. The zero-order chi connectivity index (χ0) is 13.8. The lowest BCUT2D eigenvalue weighted by Gasteiger charge is -2.35. The first-order valence-corrected chi connectivity index (χ1v) is 8.02. The van der Waals surface area contributed by atoms with Gasteiger partial charge in [-0.15, -0.1) is 0 Å². The molecule has 1 aliphatic heterocycles. The van der Waals surface area contributed by atoms with Crippen LogP contribution in [0.1, 0.15) is 31.4 Å². The number of hydrogen-bond donors (Lipinski definition) is 1. The summed E-state index contributed by atoms with van der Waals surface area (Å²) in [6.07, 6.45) is 1.37. The van der Waals surface area contributed by atoms with E-state index in [1.54, 1.807) is 0 Å². The summed E-state index contributed by atoms with van der Waals surface area (Å²) in [6, 6.07) is 6.73. The smallest absolute Gasteiger partial charge is 0.0245 e. The first-order chi connectivity index (χ1) is 9.08. The van der Waals surface area contributed by atoms with Crippen molar-refractivity contribution < 1.29 is 0 Å². The number of hydrogen-bond acceptors (Lipinski definition) is 2. The second kappa shape index (κ2) is 6.87. The third-order valence-corrected chi connectivity index (χ3v) is 4.58. The van der Waals surface area contributed by atoms with E-state index in [1.807, 2.05) is 7.05 Å². The molecule has 0 aliphatic carbocycles. The Morgan fingerprint density at radius 2 is 1.95 bits per heavy atom. The van der Waals surface area contributed by atoms with Crippen LogP contribution < -0.4 is 5.32 Å². The minimum absolute atomic E-state index is 0.825. The molecule has 3 heteroatoms. The predicted octanol–water partition coefficient (Wildman–Crippen LogP) is 3.65. The van der Waals surface area contributed by atoms with Crippen molar-refractivity contribution in [2.45, 2.75) is 33.4 Å². The fourth-order valence-corrected chi connectivity index (χ4v) is 3.75. The Morgan fingerprint density at radius 1 is 1.26 bits per heavy atom. The van der Waals surface area contributed by atoms with Gasteiger partial charge < -0.3 is 5.32 Å². The van der Waals surface area contributed by atoms with E-state index in [0.717, 1.165) is 24.9 Å². The Labute approximate surface area is 125 Å². The summed E-state index contributed by atoms with van der Waals surface area (Å²) in [4.78, 5) is 2.59. The molecule has 2 atom stereocenters. The zero-order valence-corrected chi connectivity index (χ0v) is 13.8. The standard InChI is InChI=1S/C16H25BrN2/c1-12-6-13(2)10-19(9-12)11-15-5-4-14(8-18-3)7-16(15)17/h4-5,7,12-13,18H,6,8-11H2,1-3H3. The number of nitrogens with zero attached hydrogens (tertiary/aromatic N) is 1. The lowest BCUT2D eigenvalue weighted by atomic mass is 9.91. The second-order valence-electron chi connectivity index (χ2n) is 6.10. The average molecular weight is 325 g/mol. The van der Waals surface area contributed by atoms with Gasteiger partial charge in [0.15, 0.2) is 0 Å². The van der Waals surface area contributed by atoms with Crippen LogP contribution in [0.5, 0.6) is 0 Å².